The number of aliphatic hydroxyl groups is 1. The number of amides is 1. The number of nitrogens with one attached hydrogen (secondary N) is 1. The highest BCUT2D eigenvalue weighted by atomic mass is 19.4. The summed E-state index contributed by atoms with van der Waals surface area (Å²) in [4.78, 5) is 26.4. The van der Waals surface area contributed by atoms with E-state index in [4.69, 9.17) is 4.42 Å². The van der Waals surface area contributed by atoms with Crippen molar-refractivity contribution in [3.63, 3.8) is 0 Å². The molecule has 0 radical (unpaired) electrons. The van der Waals surface area contributed by atoms with Gasteiger partial charge in [0.1, 0.15) is 17.8 Å². The number of aromatic amines is 1. The van der Waals surface area contributed by atoms with Crippen molar-refractivity contribution in [1.29, 1.82) is 0 Å². The molecule has 0 spiro atoms. The van der Waals surface area contributed by atoms with Gasteiger partial charge in [-0.2, -0.15) is 18.3 Å². The van der Waals surface area contributed by atoms with E-state index in [1.807, 2.05) is 0 Å². The monoisotopic (exact) mass is 460 g/mol. The molecule has 0 aliphatic carbocycles. The van der Waals surface area contributed by atoms with E-state index < -0.39 is 29.9 Å². The lowest BCUT2D eigenvalue weighted by molar-refractivity contribution is -0.142. The first-order valence-electron chi connectivity index (χ1n) is 10.2. The number of rotatable bonds is 3. The zero-order valence-electron chi connectivity index (χ0n) is 17.6. The van der Waals surface area contributed by atoms with Crippen LogP contribution in [-0.2, 0) is 12.6 Å². The van der Waals surface area contributed by atoms with E-state index in [9.17, 15) is 23.1 Å². The Kier molecular flexibility index (Phi) is 4.78. The zero-order valence-corrected chi connectivity index (χ0v) is 17.6. The minimum Gasteiger partial charge on any atom is -0.432 e. The van der Waals surface area contributed by atoms with Gasteiger partial charge in [-0.25, -0.2) is 14.5 Å². The summed E-state index contributed by atoms with van der Waals surface area (Å²) in [6.07, 6.45) is -3.65. The molecule has 4 aromatic rings. The van der Waals surface area contributed by atoms with Gasteiger partial charge < -0.3 is 19.4 Å². The predicted molar refractivity (Wildman–Crippen MR) is 107 cm³/mol. The topological polar surface area (TPSA) is 113 Å². The average molecular weight is 460 g/mol. The molecule has 0 fully saturated rings. The summed E-state index contributed by atoms with van der Waals surface area (Å²) in [5.74, 6) is -0.555. The number of carbonyl (C=O) groups is 1. The summed E-state index contributed by atoms with van der Waals surface area (Å²) in [6.45, 7) is 3.30. The Bertz CT molecular complexity index is 1350. The normalized spacial score (nSPS) is 17.4. The fourth-order valence-corrected chi connectivity index (χ4v) is 4.10. The number of oxazole rings is 1. The van der Waals surface area contributed by atoms with Crippen molar-refractivity contribution in [2.45, 2.75) is 38.6 Å². The summed E-state index contributed by atoms with van der Waals surface area (Å²) in [5, 5.41) is 14.0. The Morgan fingerprint density at radius 2 is 2.15 bits per heavy atom. The molecule has 0 saturated carbocycles. The Hall–Kier alpha value is -3.67. The number of halogens is 3. The van der Waals surface area contributed by atoms with E-state index in [-0.39, 0.29) is 29.4 Å². The Labute approximate surface area is 184 Å². The lowest BCUT2D eigenvalue weighted by Crippen LogP contribution is -2.41. The average Bonchev–Trinajstić information content (AvgIpc) is 3.48. The molecule has 0 saturated heterocycles. The molecule has 0 bridgehead atoms. The van der Waals surface area contributed by atoms with Crippen LogP contribution in [0.4, 0.5) is 13.2 Å². The minimum atomic E-state index is -4.60. The number of H-pyrrole nitrogens is 1. The van der Waals surface area contributed by atoms with Crippen LogP contribution in [0.15, 0.2) is 35.0 Å². The van der Waals surface area contributed by atoms with Gasteiger partial charge in [0.05, 0.1) is 28.9 Å². The number of hydrogen-bond acceptors (Lipinski definition) is 6. The van der Waals surface area contributed by atoms with E-state index in [2.05, 4.69) is 20.1 Å². The van der Waals surface area contributed by atoms with Crippen molar-refractivity contribution in [1.82, 2.24) is 29.5 Å². The molecule has 4 aromatic heterocycles. The summed E-state index contributed by atoms with van der Waals surface area (Å²) in [7, 11) is 0. The van der Waals surface area contributed by atoms with Gasteiger partial charge in [0, 0.05) is 18.7 Å². The van der Waals surface area contributed by atoms with Gasteiger partial charge in [-0.3, -0.25) is 4.79 Å². The van der Waals surface area contributed by atoms with Gasteiger partial charge in [0.2, 0.25) is 11.7 Å². The van der Waals surface area contributed by atoms with E-state index in [1.165, 1.54) is 36.4 Å². The summed E-state index contributed by atoms with van der Waals surface area (Å²) in [6, 6.07) is 4.44. The first kappa shape index (κ1) is 21.2. The number of hydrogen-bond donors (Lipinski definition) is 2. The number of nitrogens with zero attached hydrogens (tertiary/aromatic N) is 5. The maximum absolute atomic E-state index is 13.5. The molecule has 12 heteroatoms. The number of aryl methyl sites for hydroxylation is 1. The molecule has 2 N–H and O–H groups in total. The van der Waals surface area contributed by atoms with Gasteiger partial charge in [-0.1, -0.05) is 6.07 Å². The number of imidazole rings is 1. The highest BCUT2D eigenvalue weighted by Gasteiger charge is 2.39. The van der Waals surface area contributed by atoms with E-state index >= 15 is 0 Å². The molecule has 0 aromatic carbocycles. The molecule has 5 heterocycles. The Morgan fingerprint density at radius 1 is 1.36 bits per heavy atom. The second-order valence-electron chi connectivity index (χ2n) is 7.87. The molecule has 1 aliphatic heterocycles. The number of aromatic nitrogens is 5. The lowest BCUT2D eigenvalue weighted by Gasteiger charge is -2.33. The first-order valence-corrected chi connectivity index (χ1v) is 10.2. The maximum atomic E-state index is 13.5. The molecule has 172 valence electrons. The van der Waals surface area contributed by atoms with Crippen LogP contribution >= 0.6 is 0 Å². The molecule has 9 nitrogen and oxygen atoms in total. The molecule has 1 aliphatic rings. The Balaban J connectivity index is 1.63. The van der Waals surface area contributed by atoms with Gasteiger partial charge >= 0.3 is 6.18 Å². The van der Waals surface area contributed by atoms with Crippen molar-refractivity contribution < 1.29 is 27.5 Å². The largest absolute Gasteiger partial charge is 0.433 e. The van der Waals surface area contributed by atoms with Crippen molar-refractivity contribution in [2.75, 3.05) is 6.54 Å². The van der Waals surface area contributed by atoms with E-state index in [0.29, 0.717) is 17.8 Å². The number of fused-ring (bicyclic) bond motifs is 2. The lowest BCUT2D eigenvalue weighted by atomic mass is 9.99. The van der Waals surface area contributed by atoms with Crippen LogP contribution < -0.4 is 0 Å². The summed E-state index contributed by atoms with van der Waals surface area (Å²) < 4.78 is 46.9. The second-order valence-corrected chi connectivity index (χ2v) is 7.87. The molecule has 1 amide bonds. The first-order chi connectivity index (χ1) is 15.6. The van der Waals surface area contributed by atoms with Gasteiger partial charge in [0.25, 0.3) is 5.91 Å². The number of pyridine rings is 1. The minimum absolute atomic E-state index is 0.00687. The van der Waals surface area contributed by atoms with Crippen LogP contribution in [0.5, 0.6) is 0 Å². The fourth-order valence-electron chi connectivity index (χ4n) is 4.10. The van der Waals surface area contributed by atoms with E-state index in [0.717, 1.165) is 16.3 Å². The number of alkyl halides is 3. The third-order valence-electron chi connectivity index (χ3n) is 5.63. The third-order valence-corrected chi connectivity index (χ3v) is 5.63. The third kappa shape index (κ3) is 3.46. The molecular formula is C21H19F3N6O3. The fraction of sp³-hybridized carbons (Fsp3) is 0.333. The van der Waals surface area contributed by atoms with Crippen molar-refractivity contribution in [2.24, 2.45) is 0 Å². The standard InChI is InChI=1S/C21H19F3N6O3/c1-10-18(33-19(27-10)11(2)31)20(32)29-7-6-13-16(26-9-25-13)17(29)14-8-12-4-3-5-15(21(22,23)24)30(12)28-14/h3-5,8-9,11,17,31H,6-7H2,1-2H3,(H,25,26)/t11-,17+/m0/s1. The quantitative estimate of drug-likeness (QED) is 0.486. The van der Waals surface area contributed by atoms with Crippen molar-refractivity contribution in [3.8, 4) is 0 Å². The predicted octanol–water partition coefficient (Wildman–Crippen LogP) is 3.21. The highest BCUT2D eigenvalue weighted by molar-refractivity contribution is 5.93. The molecule has 5 rings (SSSR count). The summed E-state index contributed by atoms with van der Waals surface area (Å²) >= 11 is 0. The van der Waals surface area contributed by atoms with Gasteiger partial charge in [-0.05, 0) is 32.0 Å². The highest BCUT2D eigenvalue weighted by Crippen LogP contribution is 2.36. The van der Waals surface area contributed by atoms with Gasteiger partial charge in [-0.15, -0.1) is 0 Å². The smallest absolute Gasteiger partial charge is 0.432 e. The van der Waals surface area contributed by atoms with Crippen LogP contribution in [0.25, 0.3) is 5.52 Å². The number of aliphatic hydroxyl groups excluding tert-OH is 1. The number of carbonyl (C=O) groups excluding carboxylic acids is 1. The van der Waals surface area contributed by atoms with Crippen LogP contribution in [0.2, 0.25) is 0 Å². The molecule has 2 atom stereocenters. The van der Waals surface area contributed by atoms with Crippen LogP contribution in [-0.4, -0.2) is 47.0 Å². The Morgan fingerprint density at radius 3 is 2.85 bits per heavy atom. The zero-order chi connectivity index (χ0) is 23.5. The van der Waals surface area contributed by atoms with Crippen molar-refractivity contribution in [3.05, 3.63) is 70.7 Å². The second kappa shape index (κ2) is 7.44. The molecule has 0 unspecified atom stereocenters. The molecule has 33 heavy (non-hydrogen) atoms. The van der Waals surface area contributed by atoms with Crippen LogP contribution in [0, 0.1) is 6.92 Å². The van der Waals surface area contributed by atoms with Gasteiger partial charge in [0.15, 0.2) is 0 Å². The summed E-state index contributed by atoms with van der Waals surface area (Å²) in [5.41, 5.74) is 1.13. The van der Waals surface area contributed by atoms with Crippen LogP contribution in [0.1, 0.15) is 64.0 Å². The van der Waals surface area contributed by atoms with Crippen LogP contribution in [0.3, 0.4) is 0 Å². The van der Waals surface area contributed by atoms with Crippen molar-refractivity contribution >= 4 is 11.4 Å². The SMILES string of the molecule is Cc1nc([C@H](C)O)oc1C(=O)N1CCc2[nH]cnc2[C@H]1c1cc2cccc(C(F)(F)F)n2n1. The molecular weight excluding hydrogens is 441 g/mol. The van der Waals surface area contributed by atoms with E-state index in [1.54, 1.807) is 6.92 Å². The maximum Gasteiger partial charge on any atom is 0.433 e.